The molecule has 1 fully saturated rings. The maximum atomic E-state index is 2.42. The Balaban J connectivity index is 0.000000364. The second kappa shape index (κ2) is 6.41. The summed E-state index contributed by atoms with van der Waals surface area (Å²) in [6.07, 6.45) is 0. The van der Waals surface area contributed by atoms with Crippen LogP contribution in [-0.4, -0.2) is 49.1 Å². The summed E-state index contributed by atoms with van der Waals surface area (Å²) in [6, 6.07) is 1.45. The van der Waals surface area contributed by atoms with E-state index in [1.807, 2.05) is 0 Å². The van der Waals surface area contributed by atoms with Gasteiger partial charge in [-0.25, -0.2) is 0 Å². The van der Waals surface area contributed by atoms with Crippen molar-refractivity contribution in [2.45, 2.75) is 46.7 Å². The maximum absolute atomic E-state index is 2.42. The predicted octanol–water partition coefficient (Wildman–Crippen LogP) is 2.30. The zero-order valence-electron chi connectivity index (χ0n) is 11.0. The van der Waals surface area contributed by atoms with Gasteiger partial charge in [0.2, 0.25) is 0 Å². The minimum absolute atomic E-state index is 0.723. The molecule has 0 aromatic heterocycles. The van der Waals surface area contributed by atoms with Crippen molar-refractivity contribution in [1.29, 1.82) is 0 Å². The Hall–Kier alpha value is -0.0800. The molecule has 0 amide bonds. The average Bonchev–Trinajstić information content (AvgIpc) is 2.00. The quantitative estimate of drug-likeness (QED) is 0.592. The molecule has 1 heterocycles. The zero-order chi connectivity index (χ0) is 11.3. The number of rotatable bonds is 0. The van der Waals surface area contributed by atoms with E-state index in [2.05, 4.69) is 58.5 Å². The highest BCUT2D eigenvalue weighted by molar-refractivity contribution is 4.79. The van der Waals surface area contributed by atoms with Crippen molar-refractivity contribution in [3.05, 3.63) is 0 Å². The van der Waals surface area contributed by atoms with Crippen LogP contribution >= 0.6 is 0 Å². The standard InChI is InChI=1S/C8H18N2.C4H10/c1-7-5-10(4)8(2)6-9(7)3;1-4(2)3/h7-8H,5-6H2,1-4H3;4H,1-3H3. The minimum Gasteiger partial charge on any atom is -0.301 e. The number of hydrogen-bond acceptors (Lipinski definition) is 2. The van der Waals surface area contributed by atoms with E-state index < -0.39 is 0 Å². The molecule has 2 nitrogen and oxygen atoms in total. The van der Waals surface area contributed by atoms with Crippen LogP contribution in [-0.2, 0) is 0 Å². The van der Waals surface area contributed by atoms with Crippen LogP contribution in [0.2, 0.25) is 0 Å². The van der Waals surface area contributed by atoms with Crippen molar-refractivity contribution < 1.29 is 0 Å². The van der Waals surface area contributed by atoms with Gasteiger partial charge in [-0.15, -0.1) is 0 Å². The molecule has 2 heteroatoms. The molecular weight excluding hydrogens is 172 g/mol. The number of nitrogens with zero attached hydrogens (tertiary/aromatic N) is 2. The highest BCUT2D eigenvalue weighted by atomic mass is 15.3. The monoisotopic (exact) mass is 200 g/mol. The molecule has 2 atom stereocenters. The molecule has 1 aliphatic heterocycles. The van der Waals surface area contributed by atoms with Gasteiger partial charge < -0.3 is 9.80 Å². The molecule has 0 aliphatic carbocycles. The lowest BCUT2D eigenvalue weighted by atomic mass is 10.1. The Morgan fingerprint density at radius 2 is 1.07 bits per heavy atom. The van der Waals surface area contributed by atoms with E-state index in [-0.39, 0.29) is 0 Å². The molecule has 1 rings (SSSR count). The van der Waals surface area contributed by atoms with E-state index >= 15 is 0 Å². The fourth-order valence-electron chi connectivity index (χ4n) is 1.47. The molecule has 0 aromatic rings. The van der Waals surface area contributed by atoms with Crippen LogP contribution in [0.5, 0.6) is 0 Å². The van der Waals surface area contributed by atoms with Gasteiger partial charge >= 0.3 is 0 Å². The van der Waals surface area contributed by atoms with Gasteiger partial charge in [0.15, 0.2) is 0 Å². The van der Waals surface area contributed by atoms with Crippen LogP contribution in [0.15, 0.2) is 0 Å². The third-order valence-electron chi connectivity index (χ3n) is 2.61. The lowest BCUT2D eigenvalue weighted by molar-refractivity contribution is 0.0803. The van der Waals surface area contributed by atoms with Crippen LogP contribution in [0.25, 0.3) is 0 Å². The van der Waals surface area contributed by atoms with E-state index in [1.54, 1.807) is 0 Å². The smallest absolute Gasteiger partial charge is 0.0192 e. The van der Waals surface area contributed by atoms with Crippen LogP contribution < -0.4 is 0 Å². The van der Waals surface area contributed by atoms with Crippen molar-refractivity contribution in [3.8, 4) is 0 Å². The summed E-state index contributed by atoms with van der Waals surface area (Å²) in [6.45, 7) is 13.5. The van der Waals surface area contributed by atoms with Gasteiger partial charge in [0.05, 0.1) is 0 Å². The molecule has 0 aromatic carbocycles. The normalized spacial score (nSPS) is 30.0. The van der Waals surface area contributed by atoms with E-state index in [1.165, 1.54) is 13.1 Å². The molecule has 0 spiro atoms. The van der Waals surface area contributed by atoms with E-state index in [4.69, 9.17) is 0 Å². The number of hydrogen-bond donors (Lipinski definition) is 0. The Labute approximate surface area is 90.3 Å². The zero-order valence-corrected chi connectivity index (χ0v) is 11.0. The molecule has 1 aliphatic rings. The minimum atomic E-state index is 0.723. The summed E-state index contributed by atoms with van der Waals surface area (Å²) >= 11 is 0. The Morgan fingerprint density at radius 1 is 0.857 bits per heavy atom. The molecule has 0 N–H and O–H groups in total. The summed E-state index contributed by atoms with van der Waals surface area (Å²) in [5.41, 5.74) is 0. The Kier molecular flexibility index (Phi) is 6.38. The van der Waals surface area contributed by atoms with Crippen LogP contribution in [0.1, 0.15) is 34.6 Å². The summed E-state index contributed by atoms with van der Waals surface area (Å²) < 4.78 is 0. The maximum Gasteiger partial charge on any atom is 0.0192 e. The van der Waals surface area contributed by atoms with Crippen LogP contribution in [0.3, 0.4) is 0 Å². The molecule has 14 heavy (non-hydrogen) atoms. The molecule has 0 saturated carbocycles. The third kappa shape index (κ3) is 5.61. The van der Waals surface area contributed by atoms with Crippen LogP contribution in [0.4, 0.5) is 0 Å². The summed E-state index contributed by atoms with van der Waals surface area (Å²) in [5, 5.41) is 0. The highest BCUT2D eigenvalue weighted by Crippen LogP contribution is 2.09. The van der Waals surface area contributed by atoms with E-state index in [0.717, 1.165) is 18.0 Å². The van der Waals surface area contributed by atoms with Crippen LogP contribution in [0, 0.1) is 5.92 Å². The molecule has 1 saturated heterocycles. The van der Waals surface area contributed by atoms with Gasteiger partial charge in [-0.3, -0.25) is 0 Å². The van der Waals surface area contributed by atoms with Gasteiger partial charge in [0, 0.05) is 25.2 Å². The third-order valence-corrected chi connectivity index (χ3v) is 2.61. The topological polar surface area (TPSA) is 6.48 Å². The van der Waals surface area contributed by atoms with Gasteiger partial charge in [-0.05, 0) is 33.9 Å². The van der Waals surface area contributed by atoms with Crippen molar-refractivity contribution in [2.24, 2.45) is 5.92 Å². The molecule has 2 unspecified atom stereocenters. The Bertz CT molecular complexity index is 117. The van der Waals surface area contributed by atoms with Crippen molar-refractivity contribution >= 4 is 0 Å². The van der Waals surface area contributed by atoms with Crippen molar-refractivity contribution in [1.82, 2.24) is 9.80 Å². The lowest BCUT2D eigenvalue weighted by Crippen LogP contribution is -2.53. The summed E-state index contributed by atoms with van der Waals surface area (Å²) in [5.74, 6) is 0.833. The largest absolute Gasteiger partial charge is 0.301 e. The first kappa shape index (κ1) is 13.9. The van der Waals surface area contributed by atoms with E-state index in [9.17, 15) is 0 Å². The molecule has 0 radical (unpaired) electrons. The fourth-order valence-corrected chi connectivity index (χ4v) is 1.47. The highest BCUT2D eigenvalue weighted by Gasteiger charge is 2.22. The summed E-state index contributed by atoms with van der Waals surface area (Å²) in [4.78, 5) is 4.84. The SMILES string of the molecule is CC(C)C.CC1CN(C)C(C)CN1C. The molecular formula is C12H28N2. The first-order valence-corrected chi connectivity index (χ1v) is 5.75. The fraction of sp³-hybridized carbons (Fsp3) is 1.00. The van der Waals surface area contributed by atoms with E-state index in [0.29, 0.717) is 0 Å². The van der Waals surface area contributed by atoms with Gasteiger partial charge in [0.25, 0.3) is 0 Å². The second-order valence-corrected chi connectivity index (χ2v) is 5.31. The Morgan fingerprint density at radius 3 is 1.29 bits per heavy atom. The van der Waals surface area contributed by atoms with Crippen molar-refractivity contribution in [2.75, 3.05) is 27.2 Å². The molecule has 0 bridgehead atoms. The molecule has 86 valence electrons. The second-order valence-electron chi connectivity index (χ2n) is 5.31. The number of likely N-dealkylation sites (N-methyl/N-ethyl adjacent to an activating group) is 2. The van der Waals surface area contributed by atoms with Gasteiger partial charge in [-0.2, -0.15) is 0 Å². The van der Waals surface area contributed by atoms with Gasteiger partial charge in [0.1, 0.15) is 0 Å². The first-order chi connectivity index (χ1) is 6.34. The lowest BCUT2D eigenvalue weighted by Gasteiger charge is -2.40. The first-order valence-electron chi connectivity index (χ1n) is 5.75. The number of piperazine rings is 1. The van der Waals surface area contributed by atoms with Crippen molar-refractivity contribution in [3.63, 3.8) is 0 Å². The van der Waals surface area contributed by atoms with Gasteiger partial charge in [-0.1, -0.05) is 20.8 Å². The summed E-state index contributed by atoms with van der Waals surface area (Å²) in [7, 11) is 4.41. The average molecular weight is 200 g/mol. The predicted molar refractivity (Wildman–Crippen MR) is 64.7 cm³/mol.